The number of para-hydroxylation sites is 1. The van der Waals surface area contributed by atoms with Crippen LogP contribution in [0.25, 0.3) is 0 Å². The van der Waals surface area contributed by atoms with Gasteiger partial charge in [0, 0.05) is 0 Å². The molecule has 0 aliphatic heterocycles. The van der Waals surface area contributed by atoms with Crippen LogP contribution in [0.3, 0.4) is 0 Å². The monoisotopic (exact) mass is 263 g/mol. The van der Waals surface area contributed by atoms with Crippen molar-refractivity contribution in [3.05, 3.63) is 30.3 Å². The fraction of sp³-hybridized carbons (Fsp3) is 0.647. The largest absolute Gasteiger partial charge is 0.494 e. The third-order valence-electron chi connectivity index (χ3n) is 3.52. The van der Waals surface area contributed by atoms with Crippen LogP contribution in [0.2, 0.25) is 0 Å². The molecule has 2 nitrogen and oxygen atoms in total. The predicted octanol–water partition coefficient (Wildman–Crippen LogP) is 4.12. The lowest BCUT2D eigenvalue weighted by molar-refractivity contribution is 0.180. The summed E-state index contributed by atoms with van der Waals surface area (Å²) in [5, 5.41) is 3.53. The van der Waals surface area contributed by atoms with Gasteiger partial charge in [0.05, 0.1) is 6.61 Å². The summed E-state index contributed by atoms with van der Waals surface area (Å²) >= 11 is 0. The zero-order valence-corrected chi connectivity index (χ0v) is 12.9. The van der Waals surface area contributed by atoms with Crippen molar-refractivity contribution in [3.8, 4) is 5.75 Å². The van der Waals surface area contributed by atoms with Gasteiger partial charge in [0.15, 0.2) is 0 Å². The zero-order valence-electron chi connectivity index (χ0n) is 12.9. The Balaban J connectivity index is 2.36. The van der Waals surface area contributed by atoms with Gasteiger partial charge < -0.3 is 10.1 Å². The highest BCUT2D eigenvalue weighted by atomic mass is 16.5. The quantitative estimate of drug-likeness (QED) is 0.712. The number of nitrogens with one attached hydrogen (secondary N) is 1. The van der Waals surface area contributed by atoms with Crippen molar-refractivity contribution in [3.63, 3.8) is 0 Å². The van der Waals surface area contributed by atoms with Gasteiger partial charge >= 0.3 is 0 Å². The van der Waals surface area contributed by atoms with Crippen LogP contribution in [-0.2, 0) is 0 Å². The van der Waals surface area contributed by atoms with Crippen molar-refractivity contribution in [1.29, 1.82) is 0 Å². The van der Waals surface area contributed by atoms with Gasteiger partial charge in [-0.2, -0.15) is 0 Å². The summed E-state index contributed by atoms with van der Waals surface area (Å²) in [5.74, 6) is 1.61. The Labute approximate surface area is 118 Å². The van der Waals surface area contributed by atoms with Gasteiger partial charge in [-0.3, -0.25) is 0 Å². The number of ether oxygens (including phenoxy) is 1. The third kappa shape index (κ3) is 6.63. The molecule has 0 fully saturated rings. The lowest BCUT2D eigenvalue weighted by atomic mass is 9.79. The summed E-state index contributed by atoms with van der Waals surface area (Å²) in [6.07, 6.45) is 2.28. The highest BCUT2D eigenvalue weighted by Crippen LogP contribution is 2.28. The normalized spacial score (nSPS) is 13.3. The van der Waals surface area contributed by atoms with Crippen LogP contribution in [-0.4, -0.2) is 19.7 Å². The predicted molar refractivity (Wildman–Crippen MR) is 82.7 cm³/mol. The van der Waals surface area contributed by atoms with Gasteiger partial charge in [0.1, 0.15) is 5.75 Å². The van der Waals surface area contributed by atoms with Crippen LogP contribution in [0.1, 0.15) is 40.5 Å². The van der Waals surface area contributed by atoms with Crippen molar-refractivity contribution in [2.75, 3.05) is 19.7 Å². The van der Waals surface area contributed by atoms with E-state index < -0.39 is 0 Å². The molecular weight excluding hydrogens is 234 g/mol. The number of hydrogen-bond donors (Lipinski definition) is 1. The first-order valence-corrected chi connectivity index (χ1v) is 7.42. The third-order valence-corrected chi connectivity index (χ3v) is 3.52. The van der Waals surface area contributed by atoms with E-state index in [2.05, 4.69) is 33.0 Å². The fourth-order valence-corrected chi connectivity index (χ4v) is 2.13. The molecule has 0 aliphatic carbocycles. The molecule has 0 saturated carbocycles. The maximum Gasteiger partial charge on any atom is 0.119 e. The van der Waals surface area contributed by atoms with Gasteiger partial charge in [-0.05, 0) is 49.4 Å². The standard InChI is InChI=1S/C17H29NO/c1-5-12-18-14-15(17(2,3)4)11-13-19-16-9-7-6-8-10-16/h6-10,15,18H,5,11-14H2,1-4H3. The molecular formula is C17H29NO. The van der Waals surface area contributed by atoms with Crippen molar-refractivity contribution < 1.29 is 4.74 Å². The maximum atomic E-state index is 5.81. The second kappa shape index (κ2) is 8.21. The second-order valence-electron chi connectivity index (χ2n) is 6.22. The van der Waals surface area contributed by atoms with E-state index in [1.54, 1.807) is 0 Å². The minimum Gasteiger partial charge on any atom is -0.494 e. The zero-order chi connectivity index (χ0) is 14.1. The summed E-state index contributed by atoms with van der Waals surface area (Å²) in [6.45, 7) is 12.1. The molecule has 0 heterocycles. The van der Waals surface area contributed by atoms with E-state index in [1.807, 2.05) is 30.3 Å². The van der Waals surface area contributed by atoms with E-state index in [9.17, 15) is 0 Å². The lowest BCUT2D eigenvalue weighted by Crippen LogP contribution is -2.33. The minimum absolute atomic E-state index is 0.320. The molecule has 0 spiro atoms. The Morgan fingerprint density at radius 3 is 2.42 bits per heavy atom. The highest BCUT2D eigenvalue weighted by Gasteiger charge is 2.23. The van der Waals surface area contributed by atoms with Crippen molar-refractivity contribution in [1.82, 2.24) is 5.32 Å². The van der Waals surface area contributed by atoms with Crippen LogP contribution in [0.4, 0.5) is 0 Å². The van der Waals surface area contributed by atoms with Gasteiger partial charge in [-0.1, -0.05) is 45.9 Å². The lowest BCUT2D eigenvalue weighted by Gasteiger charge is -2.31. The van der Waals surface area contributed by atoms with Crippen LogP contribution < -0.4 is 10.1 Å². The van der Waals surface area contributed by atoms with Crippen LogP contribution in [0.5, 0.6) is 5.75 Å². The summed E-state index contributed by atoms with van der Waals surface area (Å²) in [5.41, 5.74) is 0.320. The summed E-state index contributed by atoms with van der Waals surface area (Å²) in [7, 11) is 0. The molecule has 1 aromatic carbocycles. The van der Waals surface area contributed by atoms with Gasteiger partial charge in [-0.25, -0.2) is 0 Å². The first-order chi connectivity index (χ1) is 9.04. The van der Waals surface area contributed by atoms with Gasteiger partial charge in [0.2, 0.25) is 0 Å². The molecule has 108 valence electrons. The smallest absolute Gasteiger partial charge is 0.119 e. The number of rotatable bonds is 8. The van der Waals surface area contributed by atoms with Crippen molar-refractivity contribution >= 4 is 0 Å². The van der Waals surface area contributed by atoms with Crippen LogP contribution >= 0.6 is 0 Å². The Bertz CT molecular complexity index is 329. The van der Waals surface area contributed by atoms with Crippen molar-refractivity contribution in [2.45, 2.75) is 40.5 Å². The summed E-state index contributed by atoms with van der Waals surface area (Å²) in [6, 6.07) is 10.1. The number of benzene rings is 1. The molecule has 19 heavy (non-hydrogen) atoms. The molecule has 0 aromatic heterocycles. The first-order valence-electron chi connectivity index (χ1n) is 7.42. The Morgan fingerprint density at radius 1 is 1.16 bits per heavy atom. The van der Waals surface area contributed by atoms with Gasteiger partial charge in [0.25, 0.3) is 0 Å². The van der Waals surface area contributed by atoms with E-state index in [-0.39, 0.29) is 0 Å². The topological polar surface area (TPSA) is 21.3 Å². The fourth-order valence-electron chi connectivity index (χ4n) is 2.13. The molecule has 1 N–H and O–H groups in total. The molecule has 1 rings (SSSR count). The Morgan fingerprint density at radius 2 is 1.84 bits per heavy atom. The second-order valence-corrected chi connectivity index (χ2v) is 6.22. The van der Waals surface area contributed by atoms with E-state index >= 15 is 0 Å². The maximum absolute atomic E-state index is 5.81. The van der Waals surface area contributed by atoms with Crippen LogP contribution in [0, 0.1) is 11.3 Å². The average Bonchev–Trinajstić information content (AvgIpc) is 2.37. The minimum atomic E-state index is 0.320. The SMILES string of the molecule is CCCNCC(CCOc1ccccc1)C(C)(C)C. The molecule has 2 heteroatoms. The Kier molecular flexibility index (Phi) is 6.93. The van der Waals surface area contributed by atoms with E-state index in [4.69, 9.17) is 4.74 Å². The number of hydrogen-bond acceptors (Lipinski definition) is 2. The molecule has 0 aliphatic rings. The van der Waals surface area contributed by atoms with Crippen LogP contribution in [0.15, 0.2) is 30.3 Å². The molecule has 1 aromatic rings. The molecule has 1 unspecified atom stereocenters. The summed E-state index contributed by atoms with van der Waals surface area (Å²) in [4.78, 5) is 0. The molecule has 1 atom stereocenters. The van der Waals surface area contributed by atoms with E-state index in [0.717, 1.165) is 31.9 Å². The highest BCUT2D eigenvalue weighted by molar-refractivity contribution is 5.20. The molecule has 0 bridgehead atoms. The molecule has 0 radical (unpaired) electrons. The first kappa shape index (κ1) is 16.0. The molecule has 0 saturated heterocycles. The van der Waals surface area contributed by atoms with Gasteiger partial charge in [-0.15, -0.1) is 0 Å². The summed E-state index contributed by atoms with van der Waals surface area (Å²) < 4.78 is 5.81. The van der Waals surface area contributed by atoms with E-state index in [1.165, 1.54) is 6.42 Å². The van der Waals surface area contributed by atoms with Crippen molar-refractivity contribution in [2.24, 2.45) is 11.3 Å². The Hall–Kier alpha value is -1.02. The average molecular weight is 263 g/mol. The molecule has 0 amide bonds. The van der Waals surface area contributed by atoms with E-state index in [0.29, 0.717) is 11.3 Å².